The molecule has 0 aromatic carbocycles. The van der Waals surface area contributed by atoms with Crippen LogP contribution >= 0.6 is 45.7 Å². The van der Waals surface area contributed by atoms with E-state index in [1.54, 1.807) is 0 Å². The summed E-state index contributed by atoms with van der Waals surface area (Å²) in [4.78, 5) is 0. The molecular weight excluding hydrogens is 354 g/mol. The molecule has 0 spiro atoms. The maximum absolute atomic E-state index is 3.29. The first-order chi connectivity index (χ1) is 4.86. The van der Waals surface area contributed by atoms with E-state index in [0.717, 1.165) is 12.1 Å². The zero-order valence-electron chi connectivity index (χ0n) is 5.74. The summed E-state index contributed by atoms with van der Waals surface area (Å²) in [5, 5.41) is 0. The average molecular weight is 366 g/mol. The van der Waals surface area contributed by atoms with E-state index in [1.807, 2.05) is 0 Å². The summed E-state index contributed by atoms with van der Waals surface area (Å²) >= 11 is 4.51. The molecule has 0 heterocycles. The first-order valence-corrected chi connectivity index (χ1v) is 5.75. The SMILES string of the molecule is INC1CCC(NI)CC1. The van der Waals surface area contributed by atoms with Crippen LogP contribution in [0.3, 0.4) is 0 Å². The highest BCUT2D eigenvalue weighted by Crippen LogP contribution is 2.19. The van der Waals surface area contributed by atoms with Gasteiger partial charge in [0.15, 0.2) is 0 Å². The van der Waals surface area contributed by atoms with Crippen LogP contribution in [0.1, 0.15) is 25.7 Å². The topological polar surface area (TPSA) is 24.1 Å². The van der Waals surface area contributed by atoms with E-state index in [-0.39, 0.29) is 0 Å². The van der Waals surface area contributed by atoms with Gasteiger partial charge in [0.1, 0.15) is 0 Å². The Morgan fingerprint density at radius 2 is 1.10 bits per heavy atom. The van der Waals surface area contributed by atoms with Gasteiger partial charge >= 0.3 is 0 Å². The molecule has 1 aliphatic carbocycles. The molecule has 1 aliphatic rings. The van der Waals surface area contributed by atoms with E-state index in [4.69, 9.17) is 0 Å². The van der Waals surface area contributed by atoms with Gasteiger partial charge in [0.05, 0.1) is 0 Å². The molecule has 10 heavy (non-hydrogen) atoms. The monoisotopic (exact) mass is 366 g/mol. The third-order valence-corrected chi connectivity index (χ3v) is 3.80. The van der Waals surface area contributed by atoms with Crippen molar-refractivity contribution in [2.75, 3.05) is 0 Å². The number of nitrogens with one attached hydrogen (secondary N) is 2. The molecule has 0 aromatic rings. The zero-order valence-corrected chi connectivity index (χ0v) is 10.1. The van der Waals surface area contributed by atoms with Crippen LogP contribution in [0.25, 0.3) is 0 Å². The van der Waals surface area contributed by atoms with Crippen molar-refractivity contribution in [2.45, 2.75) is 37.8 Å². The van der Waals surface area contributed by atoms with Crippen molar-refractivity contribution < 1.29 is 0 Å². The normalized spacial score (nSPS) is 34.2. The summed E-state index contributed by atoms with van der Waals surface area (Å²) in [6.45, 7) is 0. The fraction of sp³-hybridized carbons (Fsp3) is 1.00. The Kier molecular flexibility index (Phi) is 4.83. The zero-order chi connectivity index (χ0) is 7.40. The summed E-state index contributed by atoms with van der Waals surface area (Å²) in [5.41, 5.74) is 0. The molecule has 0 unspecified atom stereocenters. The second kappa shape index (κ2) is 5.10. The van der Waals surface area contributed by atoms with Crippen LogP contribution in [-0.4, -0.2) is 12.1 Å². The van der Waals surface area contributed by atoms with E-state index >= 15 is 0 Å². The summed E-state index contributed by atoms with van der Waals surface area (Å²) in [6, 6.07) is 1.53. The highest BCUT2D eigenvalue weighted by atomic mass is 127. The van der Waals surface area contributed by atoms with Gasteiger partial charge in [0, 0.05) is 57.8 Å². The summed E-state index contributed by atoms with van der Waals surface area (Å²) in [5.74, 6) is 0. The van der Waals surface area contributed by atoms with Crippen molar-refractivity contribution in [1.29, 1.82) is 0 Å². The summed E-state index contributed by atoms with van der Waals surface area (Å²) in [6.07, 6.45) is 5.29. The molecule has 1 rings (SSSR count). The molecule has 0 aromatic heterocycles. The van der Waals surface area contributed by atoms with Crippen molar-refractivity contribution in [3.8, 4) is 0 Å². The number of hydrogen-bond acceptors (Lipinski definition) is 2. The fourth-order valence-electron chi connectivity index (χ4n) is 1.31. The highest BCUT2D eigenvalue weighted by molar-refractivity contribution is 14.1. The van der Waals surface area contributed by atoms with Gasteiger partial charge in [0.2, 0.25) is 0 Å². The van der Waals surface area contributed by atoms with Gasteiger partial charge in [-0.3, -0.25) is 7.06 Å². The lowest BCUT2D eigenvalue weighted by molar-refractivity contribution is 0.377. The molecular formula is C6H12I2N2. The minimum Gasteiger partial charge on any atom is -0.258 e. The first kappa shape index (κ1) is 9.47. The molecule has 0 aliphatic heterocycles. The average Bonchev–Trinajstić information content (AvgIpc) is 2.05. The second-order valence-electron chi connectivity index (χ2n) is 2.77. The largest absolute Gasteiger partial charge is 0.258 e. The minimum absolute atomic E-state index is 0.765. The Labute approximate surface area is 89.9 Å². The Balaban J connectivity index is 2.17. The van der Waals surface area contributed by atoms with Crippen molar-refractivity contribution in [3.05, 3.63) is 0 Å². The lowest BCUT2D eigenvalue weighted by Gasteiger charge is -2.26. The number of halogens is 2. The van der Waals surface area contributed by atoms with Gasteiger partial charge in [-0.05, 0) is 25.7 Å². The molecule has 60 valence electrons. The second-order valence-corrected chi connectivity index (χ2v) is 4.01. The van der Waals surface area contributed by atoms with E-state index in [9.17, 15) is 0 Å². The minimum atomic E-state index is 0.765. The van der Waals surface area contributed by atoms with E-state index < -0.39 is 0 Å². The molecule has 0 bridgehead atoms. The summed E-state index contributed by atoms with van der Waals surface area (Å²) in [7, 11) is 0. The quantitative estimate of drug-likeness (QED) is 0.579. The van der Waals surface area contributed by atoms with Gasteiger partial charge in [0.25, 0.3) is 0 Å². The summed E-state index contributed by atoms with van der Waals surface area (Å²) < 4.78 is 6.58. The van der Waals surface area contributed by atoms with Crippen LogP contribution in [0.4, 0.5) is 0 Å². The van der Waals surface area contributed by atoms with Gasteiger partial charge in [-0.15, -0.1) is 0 Å². The molecule has 4 heteroatoms. The number of rotatable bonds is 2. The Morgan fingerprint density at radius 3 is 1.30 bits per heavy atom. The van der Waals surface area contributed by atoms with Crippen molar-refractivity contribution in [3.63, 3.8) is 0 Å². The van der Waals surface area contributed by atoms with Crippen LogP contribution < -0.4 is 7.06 Å². The maximum Gasteiger partial charge on any atom is 0.0172 e. The van der Waals surface area contributed by atoms with Gasteiger partial charge in [-0.2, -0.15) is 0 Å². The van der Waals surface area contributed by atoms with Crippen molar-refractivity contribution in [2.24, 2.45) is 0 Å². The van der Waals surface area contributed by atoms with Gasteiger partial charge < -0.3 is 0 Å². The van der Waals surface area contributed by atoms with Gasteiger partial charge in [-0.25, -0.2) is 0 Å². The molecule has 0 saturated heterocycles. The predicted molar refractivity (Wildman–Crippen MR) is 60.4 cm³/mol. The molecule has 2 nitrogen and oxygen atoms in total. The molecule has 1 saturated carbocycles. The lowest BCUT2D eigenvalue weighted by Crippen LogP contribution is -2.33. The number of hydrogen-bond donors (Lipinski definition) is 2. The predicted octanol–water partition coefficient (Wildman–Crippen LogP) is 2.18. The standard InChI is InChI=1S/C6H12I2N2/c7-9-5-1-2-6(10-8)4-3-5/h5-6,9-10H,1-4H2. The Morgan fingerprint density at radius 1 is 0.800 bits per heavy atom. The van der Waals surface area contributed by atoms with Crippen LogP contribution in [0.5, 0.6) is 0 Å². The fourth-order valence-corrected chi connectivity index (χ4v) is 2.56. The molecule has 0 amide bonds. The smallest absolute Gasteiger partial charge is 0.0172 e. The van der Waals surface area contributed by atoms with Gasteiger partial charge in [-0.1, -0.05) is 0 Å². The van der Waals surface area contributed by atoms with E-state index in [1.165, 1.54) is 25.7 Å². The Hall–Kier alpha value is 1.38. The third-order valence-electron chi connectivity index (χ3n) is 2.04. The van der Waals surface area contributed by atoms with Crippen LogP contribution in [0, 0.1) is 0 Å². The first-order valence-electron chi connectivity index (χ1n) is 3.59. The molecule has 0 radical (unpaired) electrons. The highest BCUT2D eigenvalue weighted by Gasteiger charge is 2.18. The van der Waals surface area contributed by atoms with Crippen molar-refractivity contribution >= 4 is 45.7 Å². The molecule has 1 fully saturated rings. The molecule has 2 N–H and O–H groups in total. The Bertz CT molecular complexity index is 79.7. The van der Waals surface area contributed by atoms with Crippen LogP contribution in [0.2, 0.25) is 0 Å². The third kappa shape index (κ3) is 2.78. The van der Waals surface area contributed by atoms with Crippen LogP contribution in [0.15, 0.2) is 0 Å². The van der Waals surface area contributed by atoms with E-state index in [0.29, 0.717) is 0 Å². The van der Waals surface area contributed by atoms with Crippen LogP contribution in [-0.2, 0) is 0 Å². The van der Waals surface area contributed by atoms with Crippen molar-refractivity contribution in [1.82, 2.24) is 7.06 Å². The van der Waals surface area contributed by atoms with E-state index in [2.05, 4.69) is 52.8 Å². The molecule has 0 atom stereocenters. The lowest BCUT2D eigenvalue weighted by atomic mass is 9.93. The maximum atomic E-state index is 3.29.